The maximum absolute atomic E-state index is 9.16. The molecule has 0 amide bonds. The van der Waals surface area contributed by atoms with E-state index < -0.39 is 0 Å². The van der Waals surface area contributed by atoms with E-state index in [1.165, 1.54) is 11.1 Å². The quantitative estimate of drug-likeness (QED) is 0.864. The molecule has 0 bridgehead atoms. The van der Waals surface area contributed by atoms with Gasteiger partial charge in [0.05, 0.1) is 6.10 Å². The second-order valence-corrected chi connectivity index (χ2v) is 4.27. The van der Waals surface area contributed by atoms with Gasteiger partial charge in [0.2, 0.25) is 0 Å². The van der Waals surface area contributed by atoms with Gasteiger partial charge < -0.3 is 5.11 Å². The zero-order valence-electron chi connectivity index (χ0n) is 8.05. The minimum atomic E-state index is -0.210. The molecule has 0 aromatic heterocycles. The summed E-state index contributed by atoms with van der Waals surface area (Å²) in [5, 5.41) is 9.16. The predicted molar refractivity (Wildman–Crippen MR) is 58.9 cm³/mol. The summed E-state index contributed by atoms with van der Waals surface area (Å²) in [7, 11) is 0. The van der Waals surface area contributed by atoms with Crippen LogP contribution in [0, 0.1) is 6.92 Å². The van der Waals surface area contributed by atoms with Crippen molar-refractivity contribution in [2.75, 3.05) is 0 Å². The van der Waals surface area contributed by atoms with Crippen LogP contribution in [0.4, 0.5) is 0 Å². The fraction of sp³-hybridized carbons (Fsp3) is 0.455. The number of rotatable bonds is 3. The molecular weight excluding hydrogens is 228 g/mol. The van der Waals surface area contributed by atoms with Crippen LogP contribution in [0.3, 0.4) is 0 Å². The van der Waals surface area contributed by atoms with Crippen LogP contribution in [0.25, 0.3) is 0 Å². The zero-order chi connectivity index (χ0) is 9.84. The van der Waals surface area contributed by atoms with E-state index in [0.29, 0.717) is 0 Å². The molecule has 0 radical (unpaired) electrons. The first kappa shape index (κ1) is 10.7. The average molecular weight is 243 g/mol. The average Bonchev–Trinajstić information content (AvgIpc) is 2.07. The van der Waals surface area contributed by atoms with Crippen molar-refractivity contribution in [3.8, 4) is 0 Å². The van der Waals surface area contributed by atoms with Gasteiger partial charge in [0, 0.05) is 4.47 Å². The largest absolute Gasteiger partial charge is 0.393 e. The predicted octanol–water partition coefficient (Wildman–Crippen LogP) is 3.07. The van der Waals surface area contributed by atoms with Gasteiger partial charge in [0.1, 0.15) is 0 Å². The molecule has 1 atom stereocenters. The lowest BCUT2D eigenvalue weighted by molar-refractivity contribution is 0.185. The summed E-state index contributed by atoms with van der Waals surface area (Å²) in [6.45, 7) is 3.93. The third-order valence-corrected chi connectivity index (χ3v) is 3.07. The molecule has 2 heteroatoms. The third-order valence-electron chi connectivity index (χ3n) is 2.21. The normalized spacial score (nSPS) is 12.9. The Balaban J connectivity index is 2.71. The molecular formula is C11H15BrO. The van der Waals surface area contributed by atoms with E-state index >= 15 is 0 Å². The van der Waals surface area contributed by atoms with Gasteiger partial charge in [-0.3, -0.25) is 0 Å². The van der Waals surface area contributed by atoms with Crippen molar-refractivity contribution in [1.29, 1.82) is 0 Å². The van der Waals surface area contributed by atoms with Crippen molar-refractivity contribution in [2.24, 2.45) is 0 Å². The Kier molecular flexibility index (Phi) is 3.94. The van der Waals surface area contributed by atoms with Crippen LogP contribution >= 0.6 is 15.9 Å². The van der Waals surface area contributed by atoms with Crippen molar-refractivity contribution in [3.63, 3.8) is 0 Å². The summed E-state index contributed by atoms with van der Waals surface area (Å²) in [5.74, 6) is 0. The van der Waals surface area contributed by atoms with E-state index in [1.807, 2.05) is 19.1 Å². The molecule has 1 rings (SSSR count). The van der Waals surface area contributed by atoms with E-state index in [-0.39, 0.29) is 6.10 Å². The molecule has 1 nitrogen and oxygen atoms in total. The summed E-state index contributed by atoms with van der Waals surface area (Å²) < 4.78 is 1.15. The van der Waals surface area contributed by atoms with E-state index in [4.69, 9.17) is 5.11 Å². The van der Waals surface area contributed by atoms with Gasteiger partial charge in [0.15, 0.2) is 0 Å². The molecule has 72 valence electrons. The number of aliphatic hydroxyl groups is 1. The van der Waals surface area contributed by atoms with Crippen molar-refractivity contribution in [3.05, 3.63) is 33.8 Å². The minimum Gasteiger partial charge on any atom is -0.393 e. The van der Waals surface area contributed by atoms with E-state index in [2.05, 4.69) is 28.9 Å². The molecule has 0 heterocycles. The minimum absolute atomic E-state index is 0.210. The summed E-state index contributed by atoms with van der Waals surface area (Å²) in [6.07, 6.45) is 1.57. The number of aryl methyl sites for hydroxylation is 1. The standard InChI is InChI=1S/C11H15BrO/c1-8(13)6-7-10-4-3-5-11(12)9(10)2/h3-5,8,13H,6-7H2,1-2H3/t8-/m0/s1. The van der Waals surface area contributed by atoms with Gasteiger partial charge in [-0.1, -0.05) is 28.1 Å². The van der Waals surface area contributed by atoms with Crippen LogP contribution in [0.5, 0.6) is 0 Å². The van der Waals surface area contributed by atoms with E-state index in [0.717, 1.165) is 17.3 Å². The molecule has 0 fully saturated rings. The summed E-state index contributed by atoms with van der Waals surface area (Å²) in [5.41, 5.74) is 2.60. The maximum Gasteiger partial charge on any atom is 0.0515 e. The van der Waals surface area contributed by atoms with Gasteiger partial charge in [-0.05, 0) is 43.9 Å². The number of aliphatic hydroxyl groups excluding tert-OH is 1. The van der Waals surface area contributed by atoms with E-state index in [1.54, 1.807) is 0 Å². The zero-order valence-corrected chi connectivity index (χ0v) is 9.63. The molecule has 0 saturated carbocycles. The fourth-order valence-corrected chi connectivity index (χ4v) is 1.69. The second kappa shape index (κ2) is 4.77. The SMILES string of the molecule is Cc1c(Br)cccc1CC[C@H](C)O. The number of hydrogen-bond donors (Lipinski definition) is 1. The molecule has 0 spiro atoms. The Labute approximate surface area is 87.9 Å². The molecule has 1 N–H and O–H groups in total. The molecule has 13 heavy (non-hydrogen) atoms. The van der Waals surface area contributed by atoms with Crippen LogP contribution in [-0.2, 0) is 6.42 Å². The van der Waals surface area contributed by atoms with Crippen LogP contribution in [-0.4, -0.2) is 11.2 Å². The monoisotopic (exact) mass is 242 g/mol. The molecule has 1 aromatic carbocycles. The van der Waals surface area contributed by atoms with E-state index in [9.17, 15) is 0 Å². The number of hydrogen-bond acceptors (Lipinski definition) is 1. The summed E-state index contributed by atoms with van der Waals surface area (Å²) >= 11 is 3.49. The smallest absolute Gasteiger partial charge is 0.0515 e. The molecule has 1 aromatic rings. The highest BCUT2D eigenvalue weighted by molar-refractivity contribution is 9.10. The first-order valence-electron chi connectivity index (χ1n) is 4.53. The third kappa shape index (κ3) is 3.12. The Morgan fingerprint density at radius 3 is 2.77 bits per heavy atom. The van der Waals surface area contributed by atoms with Crippen molar-refractivity contribution in [2.45, 2.75) is 32.8 Å². The first-order valence-corrected chi connectivity index (χ1v) is 5.32. The van der Waals surface area contributed by atoms with Crippen molar-refractivity contribution < 1.29 is 5.11 Å². The highest BCUT2D eigenvalue weighted by atomic mass is 79.9. The van der Waals surface area contributed by atoms with Crippen LogP contribution < -0.4 is 0 Å². The maximum atomic E-state index is 9.16. The van der Waals surface area contributed by atoms with Crippen LogP contribution in [0.1, 0.15) is 24.5 Å². The topological polar surface area (TPSA) is 20.2 Å². The lowest BCUT2D eigenvalue weighted by Gasteiger charge is -2.08. The second-order valence-electron chi connectivity index (χ2n) is 3.41. The highest BCUT2D eigenvalue weighted by Crippen LogP contribution is 2.20. The Hall–Kier alpha value is -0.340. The van der Waals surface area contributed by atoms with Gasteiger partial charge in [-0.25, -0.2) is 0 Å². The first-order chi connectivity index (χ1) is 6.11. The highest BCUT2D eigenvalue weighted by Gasteiger charge is 2.03. The van der Waals surface area contributed by atoms with Crippen molar-refractivity contribution >= 4 is 15.9 Å². The molecule has 0 unspecified atom stereocenters. The van der Waals surface area contributed by atoms with Crippen LogP contribution in [0.2, 0.25) is 0 Å². The van der Waals surface area contributed by atoms with Gasteiger partial charge >= 0.3 is 0 Å². The molecule has 0 aliphatic carbocycles. The van der Waals surface area contributed by atoms with Gasteiger partial charge in [-0.2, -0.15) is 0 Å². The fourth-order valence-electron chi connectivity index (χ4n) is 1.29. The summed E-state index contributed by atoms with van der Waals surface area (Å²) in [4.78, 5) is 0. The molecule has 0 aliphatic rings. The lowest BCUT2D eigenvalue weighted by atomic mass is 10.0. The molecule has 0 aliphatic heterocycles. The van der Waals surface area contributed by atoms with Crippen LogP contribution in [0.15, 0.2) is 22.7 Å². The van der Waals surface area contributed by atoms with Gasteiger partial charge in [-0.15, -0.1) is 0 Å². The Bertz CT molecular complexity index is 281. The van der Waals surface area contributed by atoms with Gasteiger partial charge in [0.25, 0.3) is 0 Å². The number of halogens is 1. The number of benzene rings is 1. The van der Waals surface area contributed by atoms with Crippen molar-refractivity contribution in [1.82, 2.24) is 0 Å². The molecule has 0 saturated heterocycles. The summed E-state index contributed by atoms with van der Waals surface area (Å²) in [6, 6.07) is 6.19. The Morgan fingerprint density at radius 2 is 2.15 bits per heavy atom. The Morgan fingerprint density at radius 1 is 1.46 bits per heavy atom. The lowest BCUT2D eigenvalue weighted by Crippen LogP contribution is -2.02.